The molecule has 0 atom stereocenters. The zero-order valence-electron chi connectivity index (χ0n) is 15.9. The molecule has 4 aromatic rings. The number of nitrogens with zero attached hydrogens (tertiary/aromatic N) is 2. The van der Waals surface area contributed by atoms with Gasteiger partial charge in [0.25, 0.3) is 11.8 Å². The molecule has 150 valence electrons. The van der Waals surface area contributed by atoms with E-state index < -0.39 is 5.91 Å². The highest BCUT2D eigenvalue weighted by molar-refractivity contribution is 6.30. The van der Waals surface area contributed by atoms with Gasteiger partial charge in [0.2, 0.25) is 0 Å². The lowest BCUT2D eigenvalue weighted by molar-refractivity contribution is 0.0964. The van der Waals surface area contributed by atoms with Crippen molar-refractivity contribution in [3.63, 3.8) is 0 Å². The largest absolute Gasteiger partial charge is 0.463 e. The minimum atomic E-state index is -0.458. The molecular weight excluding hydrogens is 404 g/mol. The summed E-state index contributed by atoms with van der Waals surface area (Å²) in [6.07, 6.45) is 1.55. The van der Waals surface area contributed by atoms with Gasteiger partial charge in [-0.1, -0.05) is 29.8 Å². The fourth-order valence-corrected chi connectivity index (χ4v) is 3.19. The fraction of sp³-hybridized carbons (Fsp3) is 0.0455. The molecule has 8 heteroatoms. The molecule has 4 rings (SSSR count). The van der Waals surface area contributed by atoms with E-state index in [1.807, 2.05) is 6.07 Å². The third kappa shape index (κ3) is 3.83. The molecule has 0 fully saturated rings. The van der Waals surface area contributed by atoms with E-state index in [2.05, 4.69) is 15.7 Å². The molecular formula is C22H17ClN4O3. The Morgan fingerprint density at radius 3 is 2.57 bits per heavy atom. The second-order valence-corrected chi connectivity index (χ2v) is 6.80. The van der Waals surface area contributed by atoms with Crippen LogP contribution in [0.15, 0.2) is 77.4 Å². The van der Waals surface area contributed by atoms with Crippen molar-refractivity contribution in [3.8, 4) is 17.1 Å². The van der Waals surface area contributed by atoms with Crippen molar-refractivity contribution in [3.05, 3.63) is 89.3 Å². The number of hydrogen-bond donors (Lipinski definition) is 2. The number of furan rings is 1. The Balaban J connectivity index is 1.73. The highest BCUT2D eigenvalue weighted by atomic mass is 35.5. The fourth-order valence-electron chi connectivity index (χ4n) is 3.01. The van der Waals surface area contributed by atoms with Crippen LogP contribution in [0.25, 0.3) is 17.1 Å². The SMILES string of the molecule is CNC(=O)c1ccccc1NC(=O)c1cc(-c2ccco2)n(-c2cccc(Cl)c2)n1. The van der Waals surface area contributed by atoms with Crippen LogP contribution in [-0.2, 0) is 0 Å². The number of nitrogens with one attached hydrogen (secondary N) is 2. The van der Waals surface area contributed by atoms with Gasteiger partial charge in [0.05, 0.1) is 23.2 Å². The maximum absolute atomic E-state index is 12.9. The molecule has 30 heavy (non-hydrogen) atoms. The van der Waals surface area contributed by atoms with Crippen molar-refractivity contribution in [1.29, 1.82) is 0 Å². The molecule has 0 unspecified atom stereocenters. The molecule has 2 amide bonds. The van der Waals surface area contributed by atoms with Crippen LogP contribution < -0.4 is 10.6 Å². The highest BCUT2D eigenvalue weighted by Gasteiger charge is 2.20. The number of para-hydroxylation sites is 1. The summed E-state index contributed by atoms with van der Waals surface area (Å²) in [5.41, 5.74) is 2.17. The minimum Gasteiger partial charge on any atom is -0.463 e. The predicted octanol–water partition coefficient (Wildman–Crippen LogP) is 4.40. The molecule has 0 spiro atoms. The zero-order chi connectivity index (χ0) is 21.1. The summed E-state index contributed by atoms with van der Waals surface area (Å²) in [7, 11) is 1.53. The normalized spacial score (nSPS) is 10.6. The summed E-state index contributed by atoms with van der Waals surface area (Å²) in [5.74, 6) is -0.209. The Kier molecular flexibility index (Phi) is 5.36. The Morgan fingerprint density at radius 2 is 1.83 bits per heavy atom. The van der Waals surface area contributed by atoms with E-state index in [4.69, 9.17) is 16.0 Å². The summed E-state index contributed by atoms with van der Waals surface area (Å²) in [4.78, 5) is 25.0. The van der Waals surface area contributed by atoms with Crippen LogP contribution in [0.3, 0.4) is 0 Å². The highest BCUT2D eigenvalue weighted by Crippen LogP contribution is 2.26. The van der Waals surface area contributed by atoms with Crippen molar-refractivity contribution >= 4 is 29.1 Å². The zero-order valence-corrected chi connectivity index (χ0v) is 16.7. The quantitative estimate of drug-likeness (QED) is 0.501. The monoisotopic (exact) mass is 420 g/mol. The van der Waals surface area contributed by atoms with Gasteiger partial charge in [-0.2, -0.15) is 5.10 Å². The Hall–Kier alpha value is -3.84. The number of amides is 2. The third-order valence-electron chi connectivity index (χ3n) is 4.42. The number of halogens is 1. The summed E-state index contributed by atoms with van der Waals surface area (Å²) >= 11 is 6.13. The van der Waals surface area contributed by atoms with Gasteiger partial charge in [0, 0.05) is 18.1 Å². The molecule has 0 aliphatic heterocycles. The van der Waals surface area contributed by atoms with Crippen LogP contribution in [0, 0.1) is 0 Å². The molecule has 2 N–H and O–H groups in total. The van der Waals surface area contributed by atoms with Crippen molar-refractivity contribution in [2.75, 3.05) is 12.4 Å². The molecule has 7 nitrogen and oxygen atoms in total. The predicted molar refractivity (Wildman–Crippen MR) is 114 cm³/mol. The molecule has 0 aliphatic carbocycles. The van der Waals surface area contributed by atoms with Crippen LogP contribution in [0.4, 0.5) is 5.69 Å². The summed E-state index contributed by atoms with van der Waals surface area (Å²) in [5, 5.41) is 10.3. The van der Waals surface area contributed by atoms with Crippen molar-refractivity contribution in [1.82, 2.24) is 15.1 Å². The topological polar surface area (TPSA) is 89.2 Å². The first-order chi connectivity index (χ1) is 14.6. The first-order valence-corrected chi connectivity index (χ1v) is 9.47. The number of carbonyl (C=O) groups excluding carboxylic acids is 2. The van der Waals surface area contributed by atoms with Crippen LogP contribution in [0.2, 0.25) is 5.02 Å². The van der Waals surface area contributed by atoms with Crippen molar-refractivity contribution < 1.29 is 14.0 Å². The maximum Gasteiger partial charge on any atom is 0.276 e. The molecule has 0 radical (unpaired) electrons. The smallest absolute Gasteiger partial charge is 0.276 e. The van der Waals surface area contributed by atoms with E-state index in [9.17, 15) is 9.59 Å². The van der Waals surface area contributed by atoms with E-state index in [-0.39, 0.29) is 11.6 Å². The van der Waals surface area contributed by atoms with Gasteiger partial charge in [-0.3, -0.25) is 9.59 Å². The van der Waals surface area contributed by atoms with Gasteiger partial charge in [0.1, 0.15) is 5.69 Å². The van der Waals surface area contributed by atoms with Gasteiger partial charge in [-0.05, 0) is 42.5 Å². The summed E-state index contributed by atoms with van der Waals surface area (Å²) in [6.45, 7) is 0. The van der Waals surface area contributed by atoms with Gasteiger partial charge in [-0.25, -0.2) is 4.68 Å². The van der Waals surface area contributed by atoms with E-state index in [1.54, 1.807) is 71.6 Å². The Bertz CT molecular complexity index is 1210. The number of anilines is 1. The van der Waals surface area contributed by atoms with Crippen molar-refractivity contribution in [2.45, 2.75) is 0 Å². The maximum atomic E-state index is 12.9. The standard InChI is InChI=1S/C22H17ClN4O3/c1-24-21(28)16-8-2-3-9-17(16)25-22(29)18-13-19(20-10-5-11-30-20)27(26-18)15-7-4-6-14(23)12-15/h2-13H,1H3,(H,24,28)(H,25,29). The van der Waals surface area contributed by atoms with Gasteiger partial charge in [-0.15, -0.1) is 0 Å². The van der Waals surface area contributed by atoms with E-state index in [0.29, 0.717) is 33.4 Å². The average Bonchev–Trinajstić information content (AvgIpc) is 3.43. The van der Waals surface area contributed by atoms with E-state index in [1.165, 1.54) is 7.05 Å². The van der Waals surface area contributed by atoms with Crippen LogP contribution >= 0.6 is 11.6 Å². The number of hydrogen-bond acceptors (Lipinski definition) is 4. The lowest BCUT2D eigenvalue weighted by Crippen LogP contribution is -2.21. The van der Waals surface area contributed by atoms with Gasteiger partial charge >= 0.3 is 0 Å². The summed E-state index contributed by atoms with van der Waals surface area (Å²) < 4.78 is 7.10. The second-order valence-electron chi connectivity index (χ2n) is 6.36. The minimum absolute atomic E-state index is 0.160. The Morgan fingerprint density at radius 1 is 1.00 bits per heavy atom. The molecule has 0 bridgehead atoms. The molecule has 2 heterocycles. The molecule has 0 aliphatic rings. The first-order valence-electron chi connectivity index (χ1n) is 9.09. The number of benzene rings is 2. The van der Waals surface area contributed by atoms with Crippen LogP contribution in [-0.4, -0.2) is 28.6 Å². The second kappa shape index (κ2) is 8.26. The van der Waals surface area contributed by atoms with Crippen molar-refractivity contribution in [2.24, 2.45) is 0 Å². The van der Waals surface area contributed by atoms with E-state index >= 15 is 0 Å². The summed E-state index contributed by atoms with van der Waals surface area (Å²) in [6, 6.07) is 19.0. The third-order valence-corrected chi connectivity index (χ3v) is 4.65. The average molecular weight is 421 g/mol. The molecule has 0 saturated carbocycles. The molecule has 0 saturated heterocycles. The van der Waals surface area contributed by atoms with Gasteiger partial charge in [0.15, 0.2) is 11.5 Å². The molecule has 2 aromatic carbocycles. The lowest BCUT2D eigenvalue weighted by atomic mass is 10.1. The Labute approximate surface area is 177 Å². The lowest BCUT2D eigenvalue weighted by Gasteiger charge is -2.09. The van der Waals surface area contributed by atoms with Crippen LogP contribution in [0.1, 0.15) is 20.8 Å². The number of aromatic nitrogens is 2. The number of rotatable bonds is 5. The molecule has 2 aromatic heterocycles. The first kappa shape index (κ1) is 19.5. The van der Waals surface area contributed by atoms with Gasteiger partial charge < -0.3 is 15.1 Å². The van der Waals surface area contributed by atoms with E-state index in [0.717, 1.165) is 0 Å². The van der Waals surface area contributed by atoms with Crippen LogP contribution in [0.5, 0.6) is 0 Å². The number of carbonyl (C=O) groups is 2.